The number of hydrogen-bond acceptors (Lipinski definition) is 12. The Morgan fingerprint density at radius 2 is 0.622 bits per heavy atom. The SMILES string of the molecule is CC1(OC(=O)C2C3C=CC(C3)C2C(=O)O)C2CC3CC(C2)CC1C3.CC1(OC(=O)C2C3C=CC(C3)C2C(=O)O)CCCCC1.CCC1(OC(=O)C2C3C=CC(C3)C2C(=O)O)C2CC3CC(C2)CC1C3.CCC1(OC(=O)C2C3C=CC(C3)C2C(=O)O)CCCCC1. The first-order valence-corrected chi connectivity index (χ1v) is 35.6. The van der Waals surface area contributed by atoms with Crippen LogP contribution in [0.1, 0.15) is 195 Å². The van der Waals surface area contributed by atoms with Crippen LogP contribution in [-0.4, -0.2) is 90.6 Å². The molecular formula is C74H100O16. The van der Waals surface area contributed by atoms with E-state index in [1.807, 2.05) is 55.5 Å². The minimum atomic E-state index is -0.863. The summed E-state index contributed by atoms with van der Waals surface area (Å²) in [6.07, 6.45) is 43.6. The molecule has 0 aliphatic heterocycles. The van der Waals surface area contributed by atoms with E-state index >= 15 is 0 Å². The Kier molecular flexibility index (Phi) is 17.3. The maximum Gasteiger partial charge on any atom is 0.311 e. The lowest BCUT2D eigenvalue weighted by Gasteiger charge is -2.60. The molecule has 0 aromatic carbocycles. The van der Waals surface area contributed by atoms with Gasteiger partial charge in [0.1, 0.15) is 22.4 Å². The Morgan fingerprint density at radius 1 is 0.333 bits per heavy atom. The van der Waals surface area contributed by atoms with Gasteiger partial charge in [0.15, 0.2) is 0 Å². The second-order valence-corrected chi connectivity index (χ2v) is 32.2. The fourth-order valence-corrected chi connectivity index (χ4v) is 23.3. The molecule has 0 aromatic rings. The van der Waals surface area contributed by atoms with Crippen molar-refractivity contribution in [3.63, 3.8) is 0 Å². The van der Waals surface area contributed by atoms with E-state index < -0.39 is 71.2 Å². The van der Waals surface area contributed by atoms with Crippen molar-refractivity contribution in [2.24, 2.45) is 142 Å². The number of carbonyl (C=O) groups excluding carboxylic acids is 4. The lowest BCUT2D eigenvalue weighted by molar-refractivity contribution is -0.216. The number of rotatable bonds is 14. The van der Waals surface area contributed by atoms with E-state index in [2.05, 4.69) is 20.8 Å². The van der Waals surface area contributed by atoms with Gasteiger partial charge < -0.3 is 39.4 Å². The van der Waals surface area contributed by atoms with E-state index in [4.69, 9.17) is 18.9 Å². The monoisotopic (exact) mass is 1240 g/mol. The lowest BCUT2D eigenvalue weighted by Crippen LogP contribution is -2.60. The number of carboxylic acids is 4. The average Bonchev–Trinajstić information content (AvgIpc) is 1.22. The van der Waals surface area contributed by atoms with Gasteiger partial charge in [-0.3, -0.25) is 38.4 Å². The summed E-state index contributed by atoms with van der Waals surface area (Å²) in [6.45, 7) is 8.35. The normalized spacial score (nSPS) is 45.6. The first-order valence-electron chi connectivity index (χ1n) is 35.6. The second kappa shape index (κ2) is 24.6. The highest BCUT2D eigenvalue weighted by molar-refractivity contribution is 5.86. The molecule has 16 nitrogen and oxygen atoms in total. The Bertz CT molecular complexity index is 2880. The van der Waals surface area contributed by atoms with E-state index in [9.17, 15) is 58.8 Å². The van der Waals surface area contributed by atoms with Gasteiger partial charge in [-0.1, -0.05) is 75.3 Å². The second-order valence-electron chi connectivity index (χ2n) is 32.2. The summed E-state index contributed by atoms with van der Waals surface area (Å²) in [5.41, 5.74) is -1.41. The van der Waals surface area contributed by atoms with Gasteiger partial charge in [0, 0.05) is 0 Å². The highest BCUT2D eigenvalue weighted by atomic mass is 16.6. The molecule has 16 heteroatoms. The van der Waals surface area contributed by atoms with Crippen molar-refractivity contribution in [2.75, 3.05) is 0 Å². The van der Waals surface area contributed by atoms with Crippen LogP contribution in [-0.2, 0) is 57.3 Å². The molecule has 18 aliphatic rings. The zero-order chi connectivity index (χ0) is 63.3. The standard InChI is InChI=1S/C21H28O4.C20H26O4.C17H24O4.C16H22O4/c1-2-21(15-6-11-5-12(8-15)9-16(21)7-11)25-20(24)18-14-4-3-13(10-14)17(18)19(22)23;1-20(14-5-10-4-11(7-14)8-15(20)6-10)24-19(23)17-13-3-2-12(9-13)16(17)18(21)22;1-2-17(8-4-3-5-9-17)21-16(20)14-12-7-6-11(10-12)13(14)15(18)19;1-16(7-3-2-4-8-16)20-15(19)13-11-6-5-10(9-11)12(13)14(17)18/h3-4,11-18H,2,5-10H2,1H3,(H,22,23);2-3,10-17H,4-9H2,1H3,(H,21,22);6-7,11-14H,2-5,8-10H2,1H3,(H,18,19);5-6,10-13H,2-4,7-9H2,1H3,(H,17,18). The van der Waals surface area contributed by atoms with Gasteiger partial charge in [0.25, 0.3) is 0 Å². The van der Waals surface area contributed by atoms with Crippen LogP contribution in [0.25, 0.3) is 0 Å². The van der Waals surface area contributed by atoms with Gasteiger partial charge in [-0.15, -0.1) is 0 Å². The van der Waals surface area contributed by atoms with E-state index in [1.54, 1.807) is 0 Å². The fourth-order valence-electron chi connectivity index (χ4n) is 23.3. The number of hydrogen-bond donors (Lipinski definition) is 4. The Labute approximate surface area is 530 Å². The Hall–Kier alpha value is -5.28. The molecule has 16 atom stereocenters. The molecule has 18 aliphatic carbocycles. The largest absolute Gasteiger partial charge is 0.481 e. The molecule has 4 N–H and O–H groups in total. The van der Waals surface area contributed by atoms with Crippen LogP contribution >= 0.6 is 0 Å². The Balaban J connectivity index is 0.000000111. The van der Waals surface area contributed by atoms with E-state index in [-0.39, 0.29) is 93.6 Å². The maximum absolute atomic E-state index is 13.2. The third-order valence-corrected chi connectivity index (χ3v) is 27.5. The molecule has 0 heterocycles. The summed E-state index contributed by atoms with van der Waals surface area (Å²) in [4.78, 5) is 97.8. The van der Waals surface area contributed by atoms with Crippen LogP contribution < -0.4 is 0 Å². The van der Waals surface area contributed by atoms with Crippen molar-refractivity contribution >= 4 is 47.8 Å². The number of carbonyl (C=O) groups is 8. The van der Waals surface area contributed by atoms with Crippen molar-refractivity contribution in [2.45, 2.75) is 217 Å². The summed E-state index contributed by atoms with van der Waals surface area (Å²) >= 11 is 0. The van der Waals surface area contributed by atoms with Crippen molar-refractivity contribution < 1.29 is 77.7 Å². The number of fused-ring (bicyclic) bond motifs is 8. The summed E-state index contributed by atoms with van der Waals surface area (Å²) in [5.74, 6) is -3.18. The summed E-state index contributed by atoms with van der Waals surface area (Å²) in [6, 6.07) is 0. The van der Waals surface area contributed by atoms with E-state index in [0.29, 0.717) is 23.7 Å². The molecule has 14 saturated carbocycles. The van der Waals surface area contributed by atoms with Crippen LogP contribution in [0.4, 0.5) is 0 Å². The van der Waals surface area contributed by atoms with E-state index in [0.717, 1.165) is 114 Å². The molecular weight excluding hydrogens is 1140 g/mol. The fraction of sp³-hybridized carbons (Fsp3) is 0.784. The zero-order valence-electron chi connectivity index (χ0n) is 53.5. The Morgan fingerprint density at radius 3 is 0.944 bits per heavy atom. The van der Waals surface area contributed by atoms with Crippen LogP contribution in [0, 0.1) is 142 Å². The highest BCUT2D eigenvalue weighted by Gasteiger charge is 2.63. The topological polar surface area (TPSA) is 254 Å². The summed E-state index contributed by atoms with van der Waals surface area (Å²) in [5, 5.41) is 38.1. The minimum Gasteiger partial charge on any atom is -0.481 e. The quantitative estimate of drug-likeness (QED) is 0.0716. The summed E-state index contributed by atoms with van der Waals surface area (Å²) < 4.78 is 24.2. The molecule has 0 aromatic heterocycles. The number of carboxylic acid groups (broad SMARTS) is 4. The molecule has 0 amide bonds. The number of esters is 4. The minimum absolute atomic E-state index is 0.00832. The smallest absolute Gasteiger partial charge is 0.311 e. The van der Waals surface area contributed by atoms with Crippen molar-refractivity contribution in [3.05, 3.63) is 48.6 Å². The highest BCUT2D eigenvalue weighted by Crippen LogP contribution is 2.63. The summed E-state index contributed by atoms with van der Waals surface area (Å²) in [7, 11) is 0. The third kappa shape index (κ3) is 11.3. The van der Waals surface area contributed by atoms with Gasteiger partial charge in [-0.05, 0) is 263 Å². The molecule has 492 valence electrons. The molecule has 90 heavy (non-hydrogen) atoms. The molecule has 0 saturated heterocycles. The van der Waals surface area contributed by atoms with Crippen LogP contribution in [0.5, 0.6) is 0 Å². The predicted molar refractivity (Wildman–Crippen MR) is 329 cm³/mol. The first-order chi connectivity index (χ1) is 43.0. The van der Waals surface area contributed by atoms with Gasteiger partial charge in [-0.2, -0.15) is 0 Å². The predicted octanol–water partition coefficient (Wildman–Crippen LogP) is 12.9. The molecule has 0 spiro atoms. The van der Waals surface area contributed by atoms with Crippen LogP contribution in [0.2, 0.25) is 0 Å². The number of allylic oxidation sites excluding steroid dienone is 8. The number of aliphatic carboxylic acids is 4. The third-order valence-electron chi connectivity index (χ3n) is 27.5. The maximum atomic E-state index is 13.2. The molecule has 16 unspecified atom stereocenters. The van der Waals surface area contributed by atoms with Gasteiger partial charge in [0.05, 0.1) is 47.3 Å². The van der Waals surface area contributed by atoms with Gasteiger partial charge in [0.2, 0.25) is 0 Å². The molecule has 16 bridgehead atoms. The average molecular weight is 1250 g/mol. The van der Waals surface area contributed by atoms with Crippen LogP contribution in [0.15, 0.2) is 48.6 Å². The number of ether oxygens (including phenoxy) is 4. The lowest BCUT2D eigenvalue weighted by atomic mass is 9.49. The van der Waals surface area contributed by atoms with Crippen molar-refractivity contribution in [3.8, 4) is 0 Å². The van der Waals surface area contributed by atoms with Crippen molar-refractivity contribution in [1.29, 1.82) is 0 Å². The van der Waals surface area contributed by atoms with Crippen molar-refractivity contribution in [1.82, 2.24) is 0 Å². The molecule has 18 rings (SSSR count). The van der Waals surface area contributed by atoms with Crippen LogP contribution in [0.3, 0.4) is 0 Å². The van der Waals surface area contributed by atoms with Gasteiger partial charge in [-0.25, -0.2) is 0 Å². The van der Waals surface area contributed by atoms with Gasteiger partial charge >= 0.3 is 47.8 Å². The molecule has 14 fully saturated rings. The zero-order valence-corrected chi connectivity index (χ0v) is 53.5. The first kappa shape index (κ1) is 63.5. The van der Waals surface area contributed by atoms with E-state index in [1.165, 1.54) is 77.0 Å². The molecule has 0 radical (unpaired) electrons.